The van der Waals surface area contributed by atoms with Gasteiger partial charge >= 0.3 is 0 Å². The Bertz CT molecular complexity index is 106. The lowest BCUT2D eigenvalue weighted by Crippen LogP contribution is -2.04. The standard InChI is InChI=1S/C8H15N/c1-7(2)6-8-4-3-5-9-8/h6-7,9H,3-5H2,1-2H3/b8-6+. The summed E-state index contributed by atoms with van der Waals surface area (Å²) in [5, 5.41) is 3.35. The second kappa shape index (κ2) is 2.90. The molecule has 0 aromatic rings. The topological polar surface area (TPSA) is 12.0 Å². The zero-order valence-electron chi connectivity index (χ0n) is 6.28. The summed E-state index contributed by atoms with van der Waals surface area (Å²) in [6, 6.07) is 0. The van der Waals surface area contributed by atoms with Gasteiger partial charge in [0.2, 0.25) is 0 Å². The first-order chi connectivity index (χ1) is 4.29. The van der Waals surface area contributed by atoms with E-state index in [9.17, 15) is 0 Å². The molecule has 1 fully saturated rings. The van der Waals surface area contributed by atoms with E-state index in [1.165, 1.54) is 25.1 Å². The molecule has 0 aromatic carbocycles. The van der Waals surface area contributed by atoms with Crippen molar-refractivity contribution in [3.8, 4) is 0 Å². The molecule has 1 aliphatic rings. The number of hydrogen-bond acceptors (Lipinski definition) is 1. The summed E-state index contributed by atoms with van der Waals surface area (Å²) in [6.45, 7) is 5.61. The summed E-state index contributed by atoms with van der Waals surface area (Å²) in [6.07, 6.45) is 4.89. The summed E-state index contributed by atoms with van der Waals surface area (Å²) in [4.78, 5) is 0. The first-order valence-corrected chi connectivity index (χ1v) is 3.73. The predicted molar refractivity (Wildman–Crippen MR) is 40.2 cm³/mol. The molecule has 9 heavy (non-hydrogen) atoms. The molecular formula is C8H15N. The monoisotopic (exact) mass is 125 g/mol. The minimum absolute atomic E-state index is 0.700. The molecule has 1 aliphatic heterocycles. The van der Waals surface area contributed by atoms with Gasteiger partial charge in [-0.3, -0.25) is 0 Å². The first-order valence-electron chi connectivity index (χ1n) is 3.73. The third kappa shape index (κ3) is 2.08. The lowest BCUT2D eigenvalue weighted by atomic mass is 10.1. The summed E-state index contributed by atoms with van der Waals surface area (Å²) in [5.74, 6) is 0.700. The maximum Gasteiger partial charge on any atom is 0.0147 e. The molecule has 52 valence electrons. The van der Waals surface area contributed by atoms with Crippen molar-refractivity contribution in [3.63, 3.8) is 0 Å². The van der Waals surface area contributed by atoms with Crippen molar-refractivity contribution in [1.29, 1.82) is 0 Å². The fourth-order valence-corrected chi connectivity index (χ4v) is 1.16. The summed E-state index contributed by atoms with van der Waals surface area (Å²) >= 11 is 0. The second-order valence-electron chi connectivity index (χ2n) is 2.97. The lowest BCUT2D eigenvalue weighted by Gasteiger charge is -1.99. The van der Waals surface area contributed by atoms with E-state index in [0.29, 0.717) is 5.92 Å². The van der Waals surface area contributed by atoms with E-state index in [1.807, 2.05) is 0 Å². The molecule has 0 unspecified atom stereocenters. The van der Waals surface area contributed by atoms with Crippen molar-refractivity contribution in [1.82, 2.24) is 5.32 Å². The van der Waals surface area contributed by atoms with Gasteiger partial charge in [0.05, 0.1) is 0 Å². The third-order valence-electron chi connectivity index (χ3n) is 1.51. The highest BCUT2D eigenvalue weighted by Crippen LogP contribution is 2.10. The molecule has 0 saturated carbocycles. The Labute approximate surface area is 57.1 Å². The fourth-order valence-electron chi connectivity index (χ4n) is 1.16. The van der Waals surface area contributed by atoms with Crippen molar-refractivity contribution in [3.05, 3.63) is 11.8 Å². The maximum atomic E-state index is 3.35. The molecule has 0 aromatic heterocycles. The van der Waals surface area contributed by atoms with Gasteiger partial charge < -0.3 is 5.32 Å². The molecule has 0 atom stereocenters. The Balaban J connectivity index is 2.39. The highest BCUT2D eigenvalue weighted by molar-refractivity contribution is 5.04. The fraction of sp³-hybridized carbons (Fsp3) is 0.750. The van der Waals surface area contributed by atoms with Gasteiger partial charge in [-0.05, 0) is 18.8 Å². The van der Waals surface area contributed by atoms with Gasteiger partial charge in [-0.1, -0.05) is 19.9 Å². The van der Waals surface area contributed by atoms with Gasteiger partial charge in [0.25, 0.3) is 0 Å². The molecule has 1 heterocycles. The number of hydrogen-bond donors (Lipinski definition) is 1. The van der Waals surface area contributed by atoms with E-state index in [2.05, 4.69) is 25.2 Å². The Morgan fingerprint density at radius 3 is 2.78 bits per heavy atom. The summed E-state index contributed by atoms with van der Waals surface area (Å²) in [5.41, 5.74) is 1.45. The normalized spacial score (nSPS) is 23.2. The molecule has 1 saturated heterocycles. The van der Waals surface area contributed by atoms with Crippen LogP contribution in [0.15, 0.2) is 11.8 Å². The Hall–Kier alpha value is -0.460. The van der Waals surface area contributed by atoms with Crippen LogP contribution in [-0.2, 0) is 0 Å². The maximum absolute atomic E-state index is 3.35. The minimum atomic E-state index is 0.700. The van der Waals surface area contributed by atoms with Gasteiger partial charge in [0, 0.05) is 12.2 Å². The Morgan fingerprint density at radius 1 is 1.56 bits per heavy atom. The molecule has 0 radical (unpaired) electrons. The molecule has 0 aliphatic carbocycles. The van der Waals surface area contributed by atoms with Crippen molar-refractivity contribution < 1.29 is 0 Å². The van der Waals surface area contributed by atoms with E-state index >= 15 is 0 Å². The second-order valence-corrected chi connectivity index (χ2v) is 2.97. The average molecular weight is 125 g/mol. The van der Waals surface area contributed by atoms with Crippen LogP contribution in [-0.4, -0.2) is 6.54 Å². The predicted octanol–water partition coefficient (Wildman–Crippen LogP) is 1.91. The van der Waals surface area contributed by atoms with Crippen molar-refractivity contribution >= 4 is 0 Å². The van der Waals surface area contributed by atoms with Crippen LogP contribution >= 0.6 is 0 Å². The van der Waals surface area contributed by atoms with E-state index in [4.69, 9.17) is 0 Å². The molecule has 1 heteroatoms. The number of allylic oxidation sites excluding steroid dienone is 2. The molecule has 1 nitrogen and oxygen atoms in total. The largest absolute Gasteiger partial charge is 0.389 e. The SMILES string of the molecule is CC(C)/C=C1\CCCN1. The number of nitrogens with one attached hydrogen (secondary N) is 1. The highest BCUT2D eigenvalue weighted by Gasteiger charge is 2.03. The van der Waals surface area contributed by atoms with Crippen LogP contribution in [0.2, 0.25) is 0 Å². The van der Waals surface area contributed by atoms with Gasteiger partial charge in [-0.25, -0.2) is 0 Å². The van der Waals surface area contributed by atoms with Crippen LogP contribution in [0.3, 0.4) is 0 Å². The smallest absolute Gasteiger partial charge is 0.0147 e. The Kier molecular flexibility index (Phi) is 2.15. The van der Waals surface area contributed by atoms with Crippen LogP contribution in [0.25, 0.3) is 0 Å². The van der Waals surface area contributed by atoms with E-state index in [0.717, 1.165) is 0 Å². The van der Waals surface area contributed by atoms with E-state index in [-0.39, 0.29) is 0 Å². The number of rotatable bonds is 1. The van der Waals surface area contributed by atoms with Crippen LogP contribution < -0.4 is 5.32 Å². The van der Waals surface area contributed by atoms with Gasteiger partial charge in [-0.2, -0.15) is 0 Å². The van der Waals surface area contributed by atoms with Crippen LogP contribution in [0.1, 0.15) is 26.7 Å². The summed E-state index contributed by atoms with van der Waals surface area (Å²) < 4.78 is 0. The molecule has 1 N–H and O–H groups in total. The van der Waals surface area contributed by atoms with Gasteiger partial charge in [-0.15, -0.1) is 0 Å². The quantitative estimate of drug-likeness (QED) is 0.564. The van der Waals surface area contributed by atoms with Crippen molar-refractivity contribution in [2.75, 3.05) is 6.54 Å². The highest BCUT2D eigenvalue weighted by atomic mass is 14.9. The van der Waals surface area contributed by atoms with Gasteiger partial charge in [0.15, 0.2) is 0 Å². The van der Waals surface area contributed by atoms with Crippen molar-refractivity contribution in [2.45, 2.75) is 26.7 Å². The zero-order chi connectivity index (χ0) is 6.69. The summed E-state index contributed by atoms with van der Waals surface area (Å²) in [7, 11) is 0. The Morgan fingerprint density at radius 2 is 2.33 bits per heavy atom. The molecule has 0 spiro atoms. The third-order valence-corrected chi connectivity index (χ3v) is 1.51. The van der Waals surface area contributed by atoms with E-state index < -0.39 is 0 Å². The zero-order valence-corrected chi connectivity index (χ0v) is 6.28. The van der Waals surface area contributed by atoms with Crippen LogP contribution in [0, 0.1) is 5.92 Å². The van der Waals surface area contributed by atoms with Crippen molar-refractivity contribution in [2.24, 2.45) is 5.92 Å². The first kappa shape index (κ1) is 6.66. The van der Waals surface area contributed by atoms with E-state index in [1.54, 1.807) is 0 Å². The molecule has 0 bridgehead atoms. The molecule has 1 rings (SSSR count). The average Bonchev–Trinajstić information content (AvgIpc) is 2.15. The molecular weight excluding hydrogens is 110 g/mol. The van der Waals surface area contributed by atoms with Crippen LogP contribution in [0.4, 0.5) is 0 Å². The molecule has 0 amide bonds. The van der Waals surface area contributed by atoms with Crippen LogP contribution in [0.5, 0.6) is 0 Å². The minimum Gasteiger partial charge on any atom is -0.389 e. The van der Waals surface area contributed by atoms with Gasteiger partial charge in [0.1, 0.15) is 0 Å². The lowest BCUT2D eigenvalue weighted by molar-refractivity contribution is 0.802.